The maximum absolute atomic E-state index is 13.7. The number of carbonyl (C=O) groups is 1. The van der Waals surface area contributed by atoms with E-state index >= 15 is 0 Å². The van der Waals surface area contributed by atoms with Gasteiger partial charge in [-0.15, -0.1) is 0 Å². The van der Waals surface area contributed by atoms with Gasteiger partial charge in [-0.3, -0.25) is 9.78 Å². The summed E-state index contributed by atoms with van der Waals surface area (Å²) >= 11 is 0. The molecule has 1 saturated heterocycles. The summed E-state index contributed by atoms with van der Waals surface area (Å²) in [5.41, 5.74) is 1.88. The highest BCUT2D eigenvalue weighted by molar-refractivity contribution is 5.93. The predicted molar refractivity (Wildman–Crippen MR) is 97.1 cm³/mol. The van der Waals surface area contributed by atoms with Gasteiger partial charge < -0.3 is 10.2 Å². The molecule has 0 radical (unpaired) electrons. The molecule has 1 aromatic heterocycles. The molecule has 132 valence electrons. The fourth-order valence-corrected chi connectivity index (χ4v) is 3.39. The van der Waals surface area contributed by atoms with Crippen LogP contribution in [0.5, 0.6) is 0 Å². The number of hydrogen-bond donors (Lipinski definition) is 1. The second-order valence-electron chi connectivity index (χ2n) is 6.42. The van der Waals surface area contributed by atoms with Crippen molar-refractivity contribution in [3.8, 4) is 0 Å². The van der Waals surface area contributed by atoms with Crippen LogP contribution in [0.2, 0.25) is 0 Å². The number of amides is 1. The molecular weight excluding hydrogens is 317 g/mol. The molecule has 0 bridgehead atoms. The first kappa shape index (κ1) is 17.4. The van der Waals surface area contributed by atoms with E-state index in [4.69, 9.17) is 0 Å². The summed E-state index contributed by atoms with van der Waals surface area (Å²) in [6.45, 7) is 3.36. The number of nitrogens with zero attached hydrogens (tertiary/aromatic N) is 2. The summed E-state index contributed by atoms with van der Waals surface area (Å²) in [7, 11) is 0. The first-order valence-electron chi connectivity index (χ1n) is 8.93. The molecule has 1 atom stereocenters. The Bertz CT molecular complexity index is 734. The highest BCUT2D eigenvalue weighted by Crippen LogP contribution is 2.26. The third-order valence-corrected chi connectivity index (χ3v) is 4.80. The zero-order valence-corrected chi connectivity index (χ0v) is 14.5. The number of hydrogen-bond acceptors (Lipinski definition) is 3. The topological polar surface area (TPSA) is 45.2 Å². The predicted octanol–water partition coefficient (Wildman–Crippen LogP) is 3.92. The Morgan fingerprint density at radius 3 is 2.96 bits per heavy atom. The molecule has 1 aromatic carbocycles. The van der Waals surface area contributed by atoms with Crippen molar-refractivity contribution < 1.29 is 9.18 Å². The number of anilines is 1. The lowest BCUT2D eigenvalue weighted by atomic mass is 9.99. The van der Waals surface area contributed by atoms with E-state index in [2.05, 4.69) is 22.1 Å². The van der Waals surface area contributed by atoms with E-state index in [1.54, 1.807) is 24.4 Å². The lowest BCUT2D eigenvalue weighted by Crippen LogP contribution is -2.39. The van der Waals surface area contributed by atoms with E-state index in [1.807, 2.05) is 12.1 Å². The molecule has 1 aliphatic heterocycles. The Morgan fingerprint density at radius 2 is 2.16 bits per heavy atom. The van der Waals surface area contributed by atoms with E-state index in [0.717, 1.165) is 18.7 Å². The monoisotopic (exact) mass is 341 g/mol. The quantitative estimate of drug-likeness (QED) is 0.896. The van der Waals surface area contributed by atoms with E-state index in [-0.39, 0.29) is 18.3 Å². The first-order chi connectivity index (χ1) is 12.2. The van der Waals surface area contributed by atoms with Gasteiger partial charge in [0.25, 0.3) is 5.91 Å². The van der Waals surface area contributed by atoms with Crippen molar-refractivity contribution >= 4 is 11.6 Å². The van der Waals surface area contributed by atoms with Crippen LogP contribution in [-0.4, -0.2) is 23.5 Å². The van der Waals surface area contributed by atoms with Crippen LogP contribution in [0.3, 0.4) is 0 Å². The molecule has 1 aliphatic rings. The van der Waals surface area contributed by atoms with Crippen molar-refractivity contribution in [3.05, 3.63) is 59.7 Å². The van der Waals surface area contributed by atoms with Crippen molar-refractivity contribution in [2.45, 2.75) is 45.2 Å². The van der Waals surface area contributed by atoms with Crippen LogP contribution in [-0.2, 0) is 6.54 Å². The number of benzene rings is 1. The molecule has 3 rings (SSSR count). The number of piperidine rings is 1. The summed E-state index contributed by atoms with van der Waals surface area (Å²) < 4.78 is 13.7. The minimum absolute atomic E-state index is 0.152. The smallest absolute Gasteiger partial charge is 0.270 e. The summed E-state index contributed by atoms with van der Waals surface area (Å²) in [4.78, 5) is 19.0. The number of aromatic nitrogens is 1. The Morgan fingerprint density at radius 1 is 1.32 bits per heavy atom. The molecule has 25 heavy (non-hydrogen) atoms. The minimum Gasteiger partial charge on any atom is -0.368 e. The van der Waals surface area contributed by atoms with Crippen LogP contribution in [0.4, 0.5) is 10.1 Å². The van der Waals surface area contributed by atoms with Gasteiger partial charge in [0.15, 0.2) is 0 Å². The second-order valence-corrected chi connectivity index (χ2v) is 6.42. The zero-order chi connectivity index (χ0) is 17.6. The van der Waals surface area contributed by atoms with Crippen LogP contribution in [0.25, 0.3) is 0 Å². The third kappa shape index (κ3) is 4.16. The molecule has 2 aromatic rings. The van der Waals surface area contributed by atoms with Crippen molar-refractivity contribution in [1.29, 1.82) is 0 Å². The highest BCUT2D eigenvalue weighted by atomic mass is 19.1. The molecule has 0 aliphatic carbocycles. The van der Waals surface area contributed by atoms with Crippen LogP contribution in [0.15, 0.2) is 42.6 Å². The highest BCUT2D eigenvalue weighted by Gasteiger charge is 2.22. The molecule has 4 nitrogen and oxygen atoms in total. The number of pyridine rings is 1. The molecule has 0 spiro atoms. The molecule has 2 heterocycles. The van der Waals surface area contributed by atoms with Gasteiger partial charge in [-0.1, -0.05) is 25.1 Å². The lowest BCUT2D eigenvalue weighted by Gasteiger charge is -2.37. The van der Waals surface area contributed by atoms with Crippen LogP contribution >= 0.6 is 0 Å². The minimum atomic E-state index is -0.316. The standard InChI is InChI=1S/C20H24FN3O/c1-2-16-8-5-6-12-24(16)17-10-11-22-19(13-17)20(25)23-14-15-7-3-4-9-18(15)21/h3-4,7,9-11,13,16H,2,5-6,8,12,14H2,1H3,(H,23,25). The molecule has 1 fully saturated rings. The average Bonchev–Trinajstić information content (AvgIpc) is 2.67. The lowest BCUT2D eigenvalue weighted by molar-refractivity contribution is 0.0945. The Balaban J connectivity index is 1.70. The van der Waals surface area contributed by atoms with E-state index in [1.165, 1.54) is 25.3 Å². The largest absolute Gasteiger partial charge is 0.368 e. The van der Waals surface area contributed by atoms with E-state index in [9.17, 15) is 9.18 Å². The van der Waals surface area contributed by atoms with Gasteiger partial charge in [0.2, 0.25) is 0 Å². The number of halogens is 1. The molecule has 5 heteroatoms. The number of carbonyl (C=O) groups excluding carboxylic acids is 1. The molecular formula is C20H24FN3O. The number of rotatable bonds is 5. The maximum atomic E-state index is 13.7. The fraction of sp³-hybridized carbons (Fsp3) is 0.400. The molecule has 0 saturated carbocycles. The van der Waals surface area contributed by atoms with E-state index in [0.29, 0.717) is 17.3 Å². The Kier molecular flexibility index (Phi) is 5.64. The van der Waals surface area contributed by atoms with Crippen LogP contribution in [0, 0.1) is 5.82 Å². The van der Waals surface area contributed by atoms with Gasteiger partial charge in [-0.25, -0.2) is 4.39 Å². The van der Waals surface area contributed by atoms with Crippen LogP contribution in [0.1, 0.15) is 48.7 Å². The summed E-state index contributed by atoms with van der Waals surface area (Å²) in [5.74, 6) is -0.598. The van der Waals surface area contributed by atoms with Gasteiger partial charge in [-0.05, 0) is 43.9 Å². The van der Waals surface area contributed by atoms with Crippen molar-refractivity contribution in [2.75, 3.05) is 11.4 Å². The summed E-state index contributed by atoms with van der Waals surface area (Å²) in [5, 5.41) is 2.75. The summed E-state index contributed by atoms with van der Waals surface area (Å²) in [6, 6.07) is 10.8. The Hall–Kier alpha value is -2.43. The van der Waals surface area contributed by atoms with E-state index < -0.39 is 0 Å². The maximum Gasteiger partial charge on any atom is 0.270 e. The van der Waals surface area contributed by atoms with Gasteiger partial charge >= 0.3 is 0 Å². The van der Waals surface area contributed by atoms with Gasteiger partial charge in [-0.2, -0.15) is 0 Å². The van der Waals surface area contributed by atoms with Gasteiger partial charge in [0.1, 0.15) is 11.5 Å². The molecule has 1 unspecified atom stereocenters. The van der Waals surface area contributed by atoms with Crippen molar-refractivity contribution in [1.82, 2.24) is 10.3 Å². The van der Waals surface area contributed by atoms with Crippen molar-refractivity contribution in [3.63, 3.8) is 0 Å². The average molecular weight is 341 g/mol. The SMILES string of the molecule is CCC1CCCCN1c1ccnc(C(=O)NCc2ccccc2F)c1. The third-order valence-electron chi connectivity index (χ3n) is 4.80. The van der Waals surface area contributed by atoms with Gasteiger partial charge in [0, 0.05) is 36.6 Å². The van der Waals surface area contributed by atoms with Gasteiger partial charge in [0.05, 0.1) is 0 Å². The second kappa shape index (κ2) is 8.10. The summed E-state index contributed by atoms with van der Waals surface area (Å²) in [6.07, 6.45) is 6.39. The molecule has 1 amide bonds. The fourth-order valence-electron chi connectivity index (χ4n) is 3.39. The zero-order valence-electron chi connectivity index (χ0n) is 14.5. The molecule has 1 N–H and O–H groups in total. The normalized spacial score (nSPS) is 17.4. The van der Waals surface area contributed by atoms with Crippen LogP contribution < -0.4 is 10.2 Å². The van der Waals surface area contributed by atoms with Crippen molar-refractivity contribution in [2.24, 2.45) is 0 Å². The first-order valence-corrected chi connectivity index (χ1v) is 8.93. The Labute approximate surface area is 148 Å². The number of nitrogens with one attached hydrogen (secondary N) is 1.